The fourth-order valence-corrected chi connectivity index (χ4v) is 1.90. The monoisotopic (exact) mass is 312 g/mol. The highest BCUT2D eigenvalue weighted by molar-refractivity contribution is 9.10. The number of benzene rings is 1. The molecule has 1 unspecified atom stereocenters. The molecule has 1 aromatic rings. The van der Waals surface area contributed by atoms with Crippen molar-refractivity contribution in [2.24, 2.45) is 0 Å². The molecular formula is C13H17BrN2O2. The van der Waals surface area contributed by atoms with Gasteiger partial charge in [-0.25, -0.2) is 0 Å². The third-order valence-electron chi connectivity index (χ3n) is 2.50. The Labute approximate surface area is 115 Å². The van der Waals surface area contributed by atoms with Crippen LogP contribution in [0.1, 0.15) is 19.4 Å². The zero-order chi connectivity index (χ0) is 13.7. The summed E-state index contributed by atoms with van der Waals surface area (Å²) in [6.45, 7) is 3.61. The molecule has 0 aliphatic heterocycles. The van der Waals surface area contributed by atoms with Crippen LogP contribution in [0.25, 0.3) is 0 Å². The van der Waals surface area contributed by atoms with E-state index in [9.17, 15) is 9.59 Å². The van der Waals surface area contributed by atoms with Gasteiger partial charge in [0, 0.05) is 25.0 Å². The number of carbonyl (C=O) groups is 2. The first-order chi connectivity index (χ1) is 8.40. The molecule has 0 aliphatic carbocycles. The maximum atomic E-state index is 12.0. The van der Waals surface area contributed by atoms with E-state index in [1.165, 1.54) is 6.92 Å². The van der Waals surface area contributed by atoms with Gasteiger partial charge in [0.1, 0.15) is 6.04 Å². The van der Waals surface area contributed by atoms with Gasteiger partial charge in [0.15, 0.2) is 0 Å². The van der Waals surface area contributed by atoms with Crippen LogP contribution in [0.2, 0.25) is 0 Å². The molecule has 5 heteroatoms. The van der Waals surface area contributed by atoms with Crippen molar-refractivity contribution >= 4 is 27.7 Å². The summed E-state index contributed by atoms with van der Waals surface area (Å²) in [6.07, 6.45) is 0. The smallest absolute Gasteiger partial charge is 0.244 e. The maximum absolute atomic E-state index is 12.0. The van der Waals surface area contributed by atoms with Crippen molar-refractivity contribution in [1.82, 2.24) is 10.2 Å². The molecule has 0 aliphatic rings. The average molecular weight is 313 g/mol. The first kappa shape index (κ1) is 14.7. The van der Waals surface area contributed by atoms with Crippen LogP contribution in [0.15, 0.2) is 28.7 Å². The Morgan fingerprint density at radius 3 is 2.39 bits per heavy atom. The molecule has 0 radical (unpaired) electrons. The van der Waals surface area contributed by atoms with Crippen molar-refractivity contribution < 1.29 is 9.59 Å². The number of nitrogens with zero attached hydrogens (tertiary/aromatic N) is 1. The van der Waals surface area contributed by atoms with E-state index in [2.05, 4.69) is 21.2 Å². The lowest BCUT2D eigenvalue weighted by atomic mass is 10.2. The second-order valence-electron chi connectivity index (χ2n) is 4.24. The number of carbonyl (C=O) groups excluding carboxylic acids is 2. The zero-order valence-corrected chi connectivity index (χ0v) is 12.3. The van der Waals surface area contributed by atoms with E-state index in [-0.39, 0.29) is 11.8 Å². The summed E-state index contributed by atoms with van der Waals surface area (Å²) >= 11 is 3.36. The van der Waals surface area contributed by atoms with Crippen molar-refractivity contribution in [3.05, 3.63) is 34.3 Å². The van der Waals surface area contributed by atoms with Gasteiger partial charge in [0.2, 0.25) is 11.8 Å². The Hall–Kier alpha value is -1.36. The third-order valence-corrected chi connectivity index (χ3v) is 3.03. The van der Waals surface area contributed by atoms with E-state index in [0.29, 0.717) is 6.54 Å². The lowest BCUT2D eigenvalue weighted by molar-refractivity contribution is -0.134. The van der Waals surface area contributed by atoms with E-state index in [1.807, 2.05) is 24.3 Å². The largest absolute Gasteiger partial charge is 0.345 e. The summed E-state index contributed by atoms with van der Waals surface area (Å²) in [5, 5.41) is 2.58. The van der Waals surface area contributed by atoms with Gasteiger partial charge < -0.3 is 10.2 Å². The Balaban J connectivity index is 2.59. The topological polar surface area (TPSA) is 49.4 Å². The number of likely N-dealkylation sites (N-methyl/N-ethyl adjacent to an activating group) is 1. The molecule has 2 amide bonds. The fraction of sp³-hybridized carbons (Fsp3) is 0.385. The fourth-order valence-electron chi connectivity index (χ4n) is 1.64. The summed E-state index contributed by atoms with van der Waals surface area (Å²) in [5.41, 5.74) is 1.05. The number of halogens is 1. The predicted octanol–water partition coefficient (Wildman–Crippen LogP) is 1.93. The molecule has 0 spiro atoms. The molecule has 0 heterocycles. The number of amides is 2. The summed E-state index contributed by atoms with van der Waals surface area (Å²) in [6, 6.07) is 7.28. The number of nitrogens with one attached hydrogen (secondary N) is 1. The third kappa shape index (κ3) is 4.49. The molecule has 18 heavy (non-hydrogen) atoms. The number of rotatable bonds is 4. The van der Waals surface area contributed by atoms with Crippen LogP contribution in [0.4, 0.5) is 0 Å². The lowest BCUT2D eigenvalue weighted by Crippen LogP contribution is -2.44. The van der Waals surface area contributed by atoms with Gasteiger partial charge in [-0.1, -0.05) is 28.1 Å². The Bertz CT molecular complexity index is 431. The molecule has 0 bridgehead atoms. The zero-order valence-electron chi connectivity index (χ0n) is 10.7. The Kier molecular flexibility index (Phi) is 5.34. The molecule has 0 saturated heterocycles. The second kappa shape index (κ2) is 6.54. The molecule has 1 N–H and O–H groups in total. The van der Waals surface area contributed by atoms with Gasteiger partial charge >= 0.3 is 0 Å². The molecule has 0 fully saturated rings. The van der Waals surface area contributed by atoms with Gasteiger partial charge in [0.05, 0.1) is 0 Å². The van der Waals surface area contributed by atoms with Crippen molar-refractivity contribution in [1.29, 1.82) is 0 Å². The average Bonchev–Trinajstić information content (AvgIpc) is 2.30. The summed E-state index contributed by atoms with van der Waals surface area (Å²) in [5.74, 6) is -0.305. The lowest BCUT2D eigenvalue weighted by Gasteiger charge is -2.21. The van der Waals surface area contributed by atoms with E-state index in [4.69, 9.17) is 0 Å². The minimum atomic E-state index is -0.497. The normalized spacial score (nSPS) is 11.8. The Morgan fingerprint density at radius 2 is 1.89 bits per heavy atom. The summed E-state index contributed by atoms with van der Waals surface area (Å²) in [4.78, 5) is 24.4. The van der Waals surface area contributed by atoms with Crippen LogP contribution in [-0.4, -0.2) is 29.8 Å². The van der Waals surface area contributed by atoms with Gasteiger partial charge in [-0.15, -0.1) is 0 Å². The summed E-state index contributed by atoms with van der Waals surface area (Å²) < 4.78 is 1.01. The van der Waals surface area contributed by atoms with E-state index < -0.39 is 6.04 Å². The first-order valence-electron chi connectivity index (χ1n) is 5.66. The SMILES string of the molecule is CC(=O)NC(C)C(=O)N(C)Cc1ccc(Br)cc1. The van der Waals surface area contributed by atoms with Gasteiger partial charge in [-0.05, 0) is 24.6 Å². The molecule has 98 valence electrons. The van der Waals surface area contributed by atoms with Gasteiger partial charge in [-0.2, -0.15) is 0 Å². The van der Waals surface area contributed by atoms with Crippen molar-refractivity contribution in [3.63, 3.8) is 0 Å². The van der Waals surface area contributed by atoms with Crippen LogP contribution < -0.4 is 5.32 Å². The van der Waals surface area contributed by atoms with E-state index in [1.54, 1.807) is 18.9 Å². The summed E-state index contributed by atoms with van der Waals surface area (Å²) in [7, 11) is 1.72. The molecule has 1 atom stereocenters. The van der Waals surface area contributed by atoms with Gasteiger partial charge in [0.25, 0.3) is 0 Å². The van der Waals surface area contributed by atoms with E-state index >= 15 is 0 Å². The standard InChI is InChI=1S/C13H17BrN2O2/c1-9(15-10(2)17)13(18)16(3)8-11-4-6-12(14)7-5-11/h4-7,9H,8H2,1-3H3,(H,15,17). The quantitative estimate of drug-likeness (QED) is 0.923. The molecule has 1 rings (SSSR count). The van der Waals surface area contributed by atoms with Gasteiger partial charge in [-0.3, -0.25) is 9.59 Å². The minimum absolute atomic E-state index is 0.104. The molecule has 0 aromatic heterocycles. The minimum Gasteiger partial charge on any atom is -0.345 e. The van der Waals surface area contributed by atoms with E-state index in [0.717, 1.165) is 10.0 Å². The highest BCUT2D eigenvalue weighted by Gasteiger charge is 2.17. The van der Waals surface area contributed by atoms with Crippen LogP contribution in [0.5, 0.6) is 0 Å². The Morgan fingerprint density at radius 1 is 1.33 bits per heavy atom. The first-order valence-corrected chi connectivity index (χ1v) is 6.46. The molecule has 0 saturated carbocycles. The maximum Gasteiger partial charge on any atom is 0.244 e. The van der Waals surface area contributed by atoms with Crippen molar-refractivity contribution in [2.45, 2.75) is 26.4 Å². The van der Waals surface area contributed by atoms with Crippen LogP contribution in [-0.2, 0) is 16.1 Å². The molecule has 4 nitrogen and oxygen atoms in total. The van der Waals surface area contributed by atoms with Crippen molar-refractivity contribution in [2.75, 3.05) is 7.05 Å². The van der Waals surface area contributed by atoms with Crippen LogP contribution >= 0.6 is 15.9 Å². The second-order valence-corrected chi connectivity index (χ2v) is 5.16. The molecular weight excluding hydrogens is 296 g/mol. The van der Waals surface area contributed by atoms with Crippen LogP contribution in [0.3, 0.4) is 0 Å². The number of hydrogen-bond acceptors (Lipinski definition) is 2. The highest BCUT2D eigenvalue weighted by atomic mass is 79.9. The molecule has 1 aromatic carbocycles. The van der Waals surface area contributed by atoms with Crippen LogP contribution in [0, 0.1) is 0 Å². The predicted molar refractivity (Wildman–Crippen MR) is 73.9 cm³/mol. The number of hydrogen-bond donors (Lipinski definition) is 1. The van der Waals surface area contributed by atoms with Crippen molar-refractivity contribution in [3.8, 4) is 0 Å². The highest BCUT2D eigenvalue weighted by Crippen LogP contribution is 2.12.